The number of ether oxygens (including phenoxy) is 3. The molecule has 2 aliphatic carbocycles. The fraction of sp³-hybridized carbons (Fsp3) is 0.741. The highest BCUT2D eigenvalue weighted by molar-refractivity contribution is 5.70. The molecule has 5 rings (SSSR count). The molecule has 0 amide bonds. The summed E-state index contributed by atoms with van der Waals surface area (Å²) < 4.78 is 16.8. The second-order valence-corrected chi connectivity index (χ2v) is 10.8. The number of nitrogens with zero attached hydrogens (tertiary/aromatic N) is 1. The highest BCUT2D eigenvalue weighted by Crippen LogP contribution is 2.61. The maximum absolute atomic E-state index is 13.0. The third-order valence-electron chi connectivity index (χ3n) is 9.13. The third kappa shape index (κ3) is 3.83. The number of carbonyl (C=O) groups is 1. The average Bonchev–Trinajstić information content (AvgIpc) is 2.82. The molecule has 1 aromatic carbocycles. The van der Waals surface area contributed by atoms with Crippen LogP contribution in [0.2, 0.25) is 0 Å². The number of aliphatic hydroxyl groups is 1. The molecule has 6 nitrogen and oxygen atoms in total. The van der Waals surface area contributed by atoms with Gasteiger partial charge in [-0.25, -0.2) is 0 Å². The number of hydrogen-bond acceptors (Lipinski definition) is 6. The second kappa shape index (κ2) is 9.10. The number of esters is 1. The van der Waals surface area contributed by atoms with Crippen molar-refractivity contribution in [2.45, 2.75) is 76.0 Å². The summed E-state index contributed by atoms with van der Waals surface area (Å²) in [7, 11) is 3.23. The van der Waals surface area contributed by atoms with Crippen LogP contribution in [0.15, 0.2) is 18.2 Å². The molecule has 182 valence electrons. The van der Waals surface area contributed by atoms with E-state index in [1.807, 2.05) is 18.2 Å². The van der Waals surface area contributed by atoms with Crippen molar-refractivity contribution in [2.24, 2.45) is 23.7 Å². The zero-order valence-electron chi connectivity index (χ0n) is 20.3. The first-order chi connectivity index (χ1) is 16.0. The number of rotatable bonds is 6. The van der Waals surface area contributed by atoms with Gasteiger partial charge in [-0.1, -0.05) is 13.0 Å². The van der Waals surface area contributed by atoms with Crippen LogP contribution in [0.25, 0.3) is 0 Å². The van der Waals surface area contributed by atoms with Crippen molar-refractivity contribution < 1.29 is 24.1 Å². The molecule has 7 atom stereocenters. The molecule has 1 aromatic rings. The van der Waals surface area contributed by atoms with E-state index < -0.39 is 6.10 Å². The lowest BCUT2D eigenvalue weighted by molar-refractivity contribution is -0.243. The molecule has 4 aliphatic rings. The van der Waals surface area contributed by atoms with E-state index in [2.05, 4.69) is 11.8 Å². The van der Waals surface area contributed by atoms with Gasteiger partial charge in [0.25, 0.3) is 0 Å². The Hall–Kier alpha value is -1.79. The maximum Gasteiger partial charge on any atom is 0.306 e. The van der Waals surface area contributed by atoms with E-state index in [4.69, 9.17) is 14.2 Å². The van der Waals surface area contributed by atoms with Crippen LogP contribution >= 0.6 is 0 Å². The molecule has 1 N–H and O–H groups in total. The van der Waals surface area contributed by atoms with Crippen molar-refractivity contribution in [1.29, 1.82) is 0 Å². The molecule has 2 bridgehead atoms. The highest BCUT2D eigenvalue weighted by atomic mass is 16.6. The van der Waals surface area contributed by atoms with E-state index >= 15 is 0 Å². The van der Waals surface area contributed by atoms with E-state index in [0.29, 0.717) is 36.2 Å². The maximum atomic E-state index is 13.0. The quantitative estimate of drug-likeness (QED) is 0.655. The number of aliphatic hydroxyl groups excluding tert-OH is 1. The van der Waals surface area contributed by atoms with E-state index in [1.54, 1.807) is 14.2 Å². The second-order valence-electron chi connectivity index (χ2n) is 10.8. The molecule has 6 heteroatoms. The molecule has 1 spiro atoms. The number of piperidine rings is 2. The first-order valence-corrected chi connectivity index (χ1v) is 12.8. The summed E-state index contributed by atoms with van der Waals surface area (Å²) >= 11 is 0. The lowest BCUT2D eigenvalue weighted by Gasteiger charge is -2.68. The van der Waals surface area contributed by atoms with E-state index in [9.17, 15) is 9.90 Å². The van der Waals surface area contributed by atoms with Gasteiger partial charge in [-0.2, -0.15) is 0 Å². The van der Waals surface area contributed by atoms with Gasteiger partial charge in [0.15, 0.2) is 11.5 Å². The van der Waals surface area contributed by atoms with Crippen molar-refractivity contribution in [3.63, 3.8) is 0 Å². The van der Waals surface area contributed by atoms with Crippen molar-refractivity contribution in [3.05, 3.63) is 23.8 Å². The zero-order valence-corrected chi connectivity index (χ0v) is 20.3. The molecule has 0 aromatic heterocycles. The molecule has 0 radical (unpaired) electrons. The number of carbonyl (C=O) groups excluding carboxylic acids is 1. The van der Waals surface area contributed by atoms with Gasteiger partial charge >= 0.3 is 5.97 Å². The summed E-state index contributed by atoms with van der Waals surface area (Å²) in [4.78, 5) is 15.7. The minimum atomic E-state index is -0.543. The Balaban J connectivity index is 1.32. The molecular weight excluding hydrogens is 418 g/mol. The van der Waals surface area contributed by atoms with Gasteiger partial charge in [-0.15, -0.1) is 0 Å². The lowest BCUT2D eigenvalue weighted by atomic mass is 9.47. The summed E-state index contributed by atoms with van der Waals surface area (Å²) in [6.45, 7) is 4.66. The smallest absolute Gasteiger partial charge is 0.306 e. The summed E-state index contributed by atoms with van der Waals surface area (Å²) in [5.74, 6) is 2.79. The van der Waals surface area contributed by atoms with Crippen LogP contribution in [0.3, 0.4) is 0 Å². The van der Waals surface area contributed by atoms with Gasteiger partial charge in [0, 0.05) is 17.9 Å². The fourth-order valence-electron chi connectivity index (χ4n) is 8.02. The molecule has 2 aliphatic heterocycles. The van der Waals surface area contributed by atoms with Crippen molar-refractivity contribution in [3.8, 4) is 11.5 Å². The Bertz CT molecular complexity index is 872. The summed E-state index contributed by atoms with van der Waals surface area (Å²) in [5.41, 5.74) is 1.13. The van der Waals surface area contributed by atoms with Crippen LogP contribution in [-0.4, -0.2) is 61.0 Å². The van der Waals surface area contributed by atoms with Gasteiger partial charge in [0.2, 0.25) is 0 Å². The van der Waals surface area contributed by atoms with Crippen LogP contribution < -0.4 is 9.47 Å². The molecule has 7 unspecified atom stereocenters. The molecular formula is C27H39NO5. The van der Waals surface area contributed by atoms with Gasteiger partial charge in [0.1, 0.15) is 6.10 Å². The molecule has 2 heterocycles. The molecule has 33 heavy (non-hydrogen) atoms. The Kier molecular flexibility index (Phi) is 6.34. The summed E-state index contributed by atoms with van der Waals surface area (Å²) in [6.07, 6.45) is 6.81. The average molecular weight is 458 g/mol. The molecule has 4 fully saturated rings. The lowest BCUT2D eigenvalue weighted by Crippen LogP contribution is -2.75. The standard InChI is InChI=1S/C27H39NO5/c1-17-14-19-20-6-4-12-28-13-5-7-21(27(20,28)16-17)26(25(19)30)33-24(29)11-9-18-8-10-22(31-2)23(15-18)32-3/h8,10,15,17,19-21,25-26,30H,4-7,9,11-14,16H2,1-3H3. The van der Waals surface area contributed by atoms with Crippen LogP contribution in [0.4, 0.5) is 0 Å². The van der Waals surface area contributed by atoms with Gasteiger partial charge in [-0.05, 0) is 93.5 Å². The summed E-state index contributed by atoms with van der Waals surface area (Å²) in [6, 6.07) is 5.74. The Morgan fingerprint density at radius 1 is 1.12 bits per heavy atom. The minimum Gasteiger partial charge on any atom is -0.493 e. The largest absolute Gasteiger partial charge is 0.493 e. The first kappa shape index (κ1) is 23.0. The predicted molar refractivity (Wildman–Crippen MR) is 125 cm³/mol. The fourth-order valence-corrected chi connectivity index (χ4v) is 8.02. The van der Waals surface area contributed by atoms with E-state index in [1.165, 1.54) is 19.3 Å². The predicted octanol–water partition coefficient (Wildman–Crippen LogP) is 3.83. The zero-order chi connectivity index (χ0) is 23.2. The van der Waals surface area contributed by atoms with Crippen LogP contribution in [0, 0.1) is 23.7 Å². The minimum absolute atomic E-state index is 0.117. The van der Waals surface area contributed by atoms with Crippen LogP contribution in [0.5, 0.6) is 11.5 Å². The number of benzene rings is 1. The van der Waals surface area contributed by atoms with E-state index in [-0.39, 0.29) is 29.4 Å². The number of hydrogen-bond donors (Lipinski definition) is 1. The monoisotopic (exact) mass is 457 g/mol. The Morgan fingerprint density at radius 2 is 1.85 bits per heavy atom. The summed E-state index contributed by atoms with van der Waals surface area (Å²) in [5, 5.41) is 11.5. The first-order valence-electron chi connectivity index (χ1n) is 12.8. The third-order valence-corrected chi connectivity index (χ3v) is 9.13. The number of aryl methyl sites for hydroxylation is 1. The topological polar surface area (TPSA) is 68.2 Å². The van der Waals surface area contributed by atoms with Crippen molar-refractivity contribution in [2.75, 3.05) is 27.3 Å². The Labute approximate surface area is 197 Å². The SMILES string of the molecule is COc1ccc(CCC(=O)OC2C(O)C3CC(C)CC45C3CCCN4CCCC25)cc1OC. The van der Waals surface area contributed by atoms with Gasteiger partial charge in [-0.3, -0.25) is 9.69 Å². The highest BCUT2D eigenvalue weighted by Gasteiger charge is 2.65. The van der Waals surface area contributed by atoms with E-state index in [0.717, 1.165) is 37.9 Å². The van der Waals surface area contributed by atoms with Crippen LogP contribution in [0.1, 0.15) is 57.4 Å². The molecule has 2 saturated carbocycles. The van der Waals surface area contributed by atoms with Gasteiger partial charge < -0.3 is 19.3 Å². The molecule has 2 saturated heterocycles. The van der Waals surface area contributed by atoms with Crippen molar-refractivity contribution >= 4 is 5.97 Å². The van der Waals surface area contributed by atoms with Crippen molar-refractivity contribution in [1.82, 2.24) is 4.90 Å². The number of methoxy groups -OCH3 is 2. The Morgan fingerprint density at radius 3 is 2.58 bits per heavy atom. The van der Waals surface area contributed by atoms with Crippen LogP contribution in [-0.2, 0) is 16.0 Å². The van der Waals surface area contributed by atoms with Gasteiger partial charge in [0.05, 0.1) is 20.3 Å². The normalized spacial score (nSPS) is 37.7.